The molecule has 3 rings (SSSR count). The topological polar surface area (TPSA) is 52.6 Å². The maximum Gasteiger partial charge on any atom is 0.191 e. The summed E-state index contributed by atoms with van der Waals surface area (Å²) in [5.74, 6) is 0.883. The predicted octanol–water partition coefficient (Wildman–Crippen LogP) is 3.90. The fourth-order valence-electron chi connectivity index (χ4n) is 3.45. The number of fused-ring (bicyclic) bond motifs is 1. The molecular formula is C22H31ClIN5. The van der Waals surface area contributed by atoms with E-state index in [0.29, 0.717) is 5.15 Å². The minimum atomic E-state index is 0. The third kappa shape index (κ3) is 8.10. The molecule has 2 aromatic rings. The maximum atomic E-state index is 5.83. The number of nitrogens with zero attached hydrogens (tertiary/aromatic N) is 3. The highest BCUT2D eigenvalue weighted by atomic mass is 127. The van der Waals surface area contributed by atoms with E-state index in [1.807, 2.05) is 18.3 Å². The number of halogens is 2. The Hall–Kier alpha value is -1.38. The summed E-state index contributed by atoms with van der Waals surface area (Å²) in [5.41, 5.74) is 4.15. The summed E-state index contributed by atoms with van der Waals surface area (Å²) in [4.78, 5) is 11.4. The van der Waals surface area contributed by atoms with Crippen LogP contribution in [0.2, 0.25) is 5.15 Å². The highest BCUT2D eigenvalue weighted by Crippen LogP contribution is 2.18. The molecule has 0 unspecified atom stereocenters. The Labute approximate surface area is 196 Å². The molecule has 0 amide bonds. The number of pyridine rings is 1. The van der Waals surface area contributed by atoms with Gasteiger partial charge in [-0.1, -0.05) is 41.9 Å². The molecule has 0 saturated carbocycles. The molecule has 1 aliphatic rings. The van der Waals surface area contributed by atoms with Gasteiger partial charge in [-0.05, 0) is 48.9 Å². The standard InChI is InChI=1S/C22H30ClN5.HI/c1-2-24-22(26-13-10-18-8-9-21(23)27-16-18)25-12-5-14-28-15-11-19-6-3-4-7-20(19)17-28;/h3-4,6-9,16H,2,5,10-15,17H2,1H3,(H2,24,25,26);1H. The third-order valence-electron chi connectivity index (χ3n) is 4.95. The largest absolute Gasteiger partial charge is 0.357 e. The first-order valence-electron chi connectivity index (χ1n) is 10.2. The molecule has 0 saturated heterocycles. The average molecular weight is 528 g/mol. The van der Waals surface area contributed by atoms with Crippen LogP contribution < -0.4 is 10.6 Å². The van der Waals surface area contributed by atoms with Gasteiger partial charge in [0.2, 0.25) is 0 Å². The van der Waals surface area contributed by atoms with E-state index >= 15 is 0 Å². The van der Waals surface area contributed by atoms with Crippen molar-refractivity contribution >= 4 is 41.5 Å². The highest BCUT2D eigenvalue weighted by Gasteiger charge is 2.14. The fraction of sp³-hybridized carbons (Fsp3) is 0.455. The van der Waals surface area contributed by atoms with E-state index in [1.54, 1.807) is 0 Å². The second-order valence-corrected chi connectivity index (χ2v) is 7.46. The molecule has 0 fully saturated rings. The Morgan fingerprint density at radius 3 is 2.76 bits per heavy atom. The van der Waals surface area contributed by atoms with Crippen molar-refractivity contribution in [1.29, 1.82) is 0 Å². The van der Waals surface area contributed by atoms with E-state index in [0.717, 1.165) is 70.1 Å². The Morgan fingerprint density at radius 2 is 2.00 bits per heavy atom. The Balaban J connectivity index is 0.00000300. The lowest BCUT2D eigenvalue weighted by atomic mass is 10.00. The van der Waals surface area contributed by atoms with E-state index in [9.17, 15) is 0 Å². The van der Waals surface area contributed by atoms with Crippen LogP contribution in [0.1, 0.15) is 30.0 Å². The molecule has 0 spiro atoms. The summed E-state index contributed by atoms with van der Waals surface area (Å²) in [7, 11) is 0. The van der Waals surface area contributed by atoms with Crippen molar-refractivity contribution in [2.75, 3.05) is 32.7 Å². The van der Waals surface area contributed by atoms with Gasteiger partial charge in [0.15, 0.2) is 5.96 Å². The van der Waals surface area contributed by atoms with Gasteiger partial charge < -0.3 is 10.6 Å². The van der Waals surface area contributed by atoms with E-state index in [4.69, 9.17) is 16.6 Å². The highest BCUT2D eigenvalue weighted by molar-refractivity contribution is 14.0. The molecule has 0 bridgehead atoms. The quantitative estimate of drug-likeness (QED) is 0.180. The van der Waals surface area contributed by atoms with Crippen LogP contribution in [-0.2, 0) is 19.4 Å². The number of aromatic nitrogens is 1. The molecule has 1 aromatic heterocycles. The minimum absolute atomic E-state index is 0. The summed E-state index contributed by atoms with van der Waals surface area (Å²) >= 11 is 5.83. The lowest BCUT2D eigenvalue weighted by Crippen LogP contribution is -2.38. The van der Waals surface area contributed by atoms with Crippen LogP contribution in [0.25, 0.3) is 0 Å². The van der Waals surface area contributed by atoms with Crippen LogP contribution in [-0.4, -0.2) is 48.6 Å². The molecule has 0 aliphatic carbocycles. The van der Waals surface area contributed by atoms with Crippen molar-refractivity contribution in [3.05, 3.63) is 64.4 Å². The van der Waals surface area contributed by atoms with Gasteiger partial charge in [-0.25, -0.2) is 4.98 Å². The average Bonchev–Trinajstić information content (AvgIpc) is 2.72. The molecule has 2 heterocycles. The van der Waals surface area contributed by atoms with Gasteiger partial charge in [0.05, 0.1) is 0 Å². The Bertz CT molecular complexity index is 766. The lowest BCUT2D eigenvalue weighted by Gasteiger charge is -2.28. The van der Waals surface area contributed by atoms with E-state index in [-0.39, 0.29) is 24.0 Å². The summed E-state index contributed by atoms with van der Waals surface area (Å²) in [5, 5.41) is 7.25. The maximum absolute atomic E-state index is 5.83. The van der Waals surface area contributed by atoms with E-state index < -0.39 is 0 Å². The number of benzene rings is 1. The van der Waals surface area contributed by atoms with E-state index in [2.05, 4.69) is 51.7 Å². The van der Waals surface area contributed by atoms with Gasteiger partial charge in [0, 0.05) is 45.5 Å². The molecular weight excluding hydrogens is 497 g/mol. The number of rotatable bonds is 8. The molecule has 7 heteroatoms. The smallest absolute Gasteiger partial charge is 0.191 e. The Morgan fingerprint density at radius 1 is 1.17 bits per heavy atom. The van der Waals surface area contributed by atoms with Crippen molar-refractivity contribution in [2.24, 2.45) is 4.99 Å². The van der Waals surface area contributed by atoms with Crippen molar-refractivity contribution in [3.63, 3.8) is 0 Å². The molecule has 0 radical (unpaired) electrons. The van der Waals surface area contributed by atoms with Gasteiger partial charge in [0.25, 0.3) is 0 Å². The van der Waals surface area contributed by atoms with Crippen LogP contribution in [0.3, 0.4) is 0 Å². The van der Waals surface area contributed by atoms with Crippen LogP contribution in [0.15, 0.2) is 47.6 Å². The molecule has 2 N–H and O–H groups in total. The first-order valence-corrected chi connectivity index (χ1v) is 10.5. The normalized spacial score (nSPS) is 14.1. The number of nitrogens with one attached hydrogen (secondary N) is 2. The summed E-state index contributed by atoms with van der Waals surface area (Å²) in [6.45, 7) is 7.89. The molecule has 158 valence electrons. The molecule has 5 nitrogen and oxygen atoms in total. The Kier molecular flexibility index (Phi) is 10.7. The van der Waals surface area contributed by atoms with Crippen molar-refractivity contribution in [3.8, 4) is 0 Å². The van der Waals surface area contributed by atoms with Crippen molar-refractivity contribution in [2.45, 2.75) is 32.7 Å². The molecule has 0 atom stereocenters. The number of aliphatic imine (C=N–C) groups is 1. The van der Waals surface area contributed by atoms with Crippen LogP contribution in [0.4, 0.5) is 0 Å². The minimum Gasteiger partial charge on any atom is -0.357 e. The first-order chi connectivity index (χ1) is 13.7. The predicted molar refractivity (Wildman–Crippen MR) is 132 cm³/mol. The summed E-state index contributed by atoms with van der Waals surface area (Å²) in [6.07, 6.45) is 4.94. The molecule has 1 aliphatic heterocycles. The number of guanidine groups is 1. The van der Waals surface area contributed by atoms with Gasteiger partial charge >= 0.3 is 0 Å². The number of hydrogen-bond donors (Lipinski definition) is 2. The number of hydrogen-bond acceptors (Lipinski definition) is 3. The van der Waals surface area contributed by atoms with Crippen LogP contribution in [0, 0.1) is 0 Å². The zero-order chi connectivity index (χ0) is 19.6. The zero-order valence-electron chi connectivity index (χ0n) is 17.0. The SMILES string of the molecule is CCNC(=NCCCN1CCc2ccccc2C1)NCCc1ccc(Cl)nc1.I. The summed E-state index contributed by atoms with van der Waals surface area (Å²) in [6, 6.07) is 12.6. The zero-order valence-corrected chi connectivity index (χ0v) is 20.1. The molecule has 29 heavy (non-hydrogen) atoms. The van der Waals surface area contributed by atoms with Gasteiger partial charge in [0.1, 0.15) is 5.15 Å². The van der Waals surface area contributed by atoms with Crippen molar-refractivity contribution in [1.82, 2.24) is 20.5 Å². The molecule has 1 aromatic carbocycles. The fourth-order valence-corrected chi connectivity index (χ4v) is 3.56. The van der Waals surface area contributed by atoms with Crippen LogP contribution in [0.5, 0.6) is 0 Å². The summed E-state index contributed by atoms with van der Waals surface area (Å²) < 4.78 is 0. The van der Waals surface area contributed by atoms with Crippen molar-refractivity contribution < 1.29 is 0 Å². The van der Waals surface area contributed by atoms with Crippen LogP contribution >= 0.6 is 35.6 Å². The third-order valence-corrected chi connectivity index (χ3v) is 5.17. The second kappa shape index (κ2) is 13.0. The second-order valence-electron chi connectivity index (χ2n) is 7.08. The lowest BCUT2D eigenvalue weighted by molar-refractivity contribution is 0.252. The van der Waals surface area contributed by atoms with Gasteiger partial charge in [-0.15, -0.1) is 24.0 Å². The van der Waals surface area contributed by atoms with E-state index in [1.165, 1.54) is 11.1 Å². The first kappa shape index (κ1) is 23.9. The van der Waals surface area contributed by atoms with Gasteiger partial charge in [-0.2, -0.15) is 0 Å². The van der Waals surface area contributed by atoms with Gasteiger partial charge in [-0.3, -0.25) is 9.89 Å². The monoisotopic (exact) mass is 527 g/mol.